The van der Waals surface area contributed by atoms with Gasteiger partial charge in [-0.15, -0.1) is 0 Å². The number of hydrogen-bond acceptors (Lipinski definition) is 2. The molecule has 3 nitrogen and oxygen atoms in total. The standard InChI is InChI=1S/C56H37N3/c1-6-21-38(22-7-1)49-50(39-23-8-2-9-24-39)52(41-27-12-4-13-28-41)55-53(51(49)40-25-10-3-11-26-40)46-34-17-19-36-48(46)59(55)44-32-20-31-43(37-44)54-45-33-16-18-35-47(45)57-56(58-54)42-29-14-5-15-30-42/h1-37H. The molecular formula is C56H37N3. The summed E-state index contributed by atoms with van der Waals surface area (Å²) in [7, 11) is 0. The van der Waals surface area contributed by atoms with Gasteiger partial charge in [-0.1, -0.05) is 200 Å². The van der Waals surface area contributed by atoms with E-state index in [-0.39, 0.29) is 0 Å². The third kappa shape index (κ3) is 5.91. The minimum atomic E-state index is 0.710. The Morgan fingerprint density at radius 1 is 0.322 bits per heavy atom. The second-order valence-electron chi connectivity index (χ2n) is 14.9. The maximum absolute atomic E-state index is 5.29. The summed E-state index contributed by atoms with van der Waals surface area (Å²) in [6, 6.07) is 80.1. The maximum Gasteiger partial charge on any atom is 0.160 e. The molecule has 0 bridgehead atoms. The first kappa shape index (κ1) is 34.4. The Morgan fingerprint density at radius 3 is 1.39 bits per heavy atom. The van der Waals surface area contributed by atoms with Gasteiger partial charge in [-0.05, 0) is 52.1 Å². The van der Waals surface area contributed by atoms with E-state index in [9.17, 15) is 0 Å². The Hall–Kier alpha value is -7.88. The first-order valence-corrected chi connectivity index (χ1v) is 20.1. The van der Waals surface area contributed by atoms with Crippen LogP contribution in [0, 0.1) is 0 Å². The van der Waals surface area contributed by atoms with Gasteiger partial charge in [0, 0.05) is 49.7 Å². The Morgan fingerprint density at radius 2 is 0.780 bits per heavy atom. The molecule has 0 N–H and O–H groups in total. The third-order valence-corrected chi connectivity index (χ3v) is 11.4. The van der Waals surface area contributed by atoms with Crippen LogP contribution in [0.2, 0.25) is 0 Å². The van der Waals surface area contributed by atoms with Gasteiger partial charge in [-0.2, -0.15) is 0 Å². The second-order valence-corrected chi connectivity index (χ2v) is 14.9. The van der Waals surface area contributed by atoms with Crippen molar-refractivity contribution in [2.75, 3.05) is 0 Å². The summed E-state index contributed by atoms with van der Waals surface area (Å²) >= 11 is 0. The molecule has 2 aromatic heterocycles. The van der Waals surface area contributed by atoms with E-state index in [1.165, 1.54) is 44.2 Å². The van der Waals surface area contributed by atoms with Gasteiger partial charge in [-0.25, -0.2) is 9.97 Å². The van der Waals surface area contributed by atoms with Crippen LogP contribution >= 0.6 is 0 Å². The van der Waals surface area contributed by atoms with Gasteiger partial charge >= 0.3 is 0 Å². The number of rotatable bonds is 7. The van der Waals surface area contributed by atoms with Gasteiger partial charge in [-0.3, -0.25) is 0 Å². The third-order valence-electron chi connectivity index (χ3n) is 11.4. The van der Waals surface area contributed by atoms with Crippen LogP contribution in [-0.2, 0) is 0 Å². The molecule has 2 heterocycles. The van der Waals surface area contributed by atoms with Crippen LogP contribution in [0.1, 0.15) is 0 Å². The molecule has 0 saturated heterocycles. The van der Waals surface area contributed by atoms with E-state index in [4.69, 9.17) is 9.97 Å². The van der Waals surface area contributed by atoms with Crippen LogP contribution in [0.25, 0.3) is 106 Å². The predicted molar refractivity (Wildman–Crippen MR) is 246 cm³/mol. The fourth-order valence-corrected chi connectivity index (χ4v) is 8.86. The van der Waals surface area contributed by atoms with Crippen LogP contribution in [0.5, 0.6) is 0 Å². The highest BCUT2D eigenvalue weighted by Crippen LogP contribution is 2.54. The zero-order valence-corrected chi connectivity index (χ0v) is 32.2. The normalized spacial score (nSPS) is 11.4. The molecule has 0 saturated carbocycles. The fourth-order valence-electron chi connectivity index (χ4n) is 8.86. The van der Waals surface area contributed by atoms with Gasteiger partial charge in [0.25, 0.3) is 0 Å². The molecule has 276 valence electrons. The highest BCUT2D eigenvalue weighted by Gasteiger charge is 2.29. The minimum absolute atomic E-state index is 0.710. The summed E-state index contributed by atoms with van der Waals surface area (Å²) in [4.78, 5) is 10.3. The Labute approximate surface area is 343 Å². The lowest BCUT2D eigenvalue weighted by Gasteiger charge is -2.24. The number of fused-ring (bicyclic) bond motifs is 4. The highest BCUT2D eigenvalue weighted by atomic mass is 15.0. The van der Waals surface area contributed by atoms with Crippen molar-refractivity contribution in [1.82, 2.24) is 14.5 Å². The first-order valence-electron chi connectivity index (χ1n) is 20.1. The molecule has 9 aromatic carbocycles. The van der Waals surface area contributed by atoms with Crippen molar-refractivity contribution in [3.05, 3.63) is 224 Å². The van der Waals surface area contributed by atoms with Crippen molar-refractivity contribution < 1.29 is 0 Å². The fraction of sp³-hybridized carbons (Fsp3) is 0. The topological polar surface area (TPSA) is 30.7 Å². The molecule has 0 amide bonds. The number of aromatic nitrogens is 3. The van der Waals surface area contributed by atoms with Crippen LogP contribution in [0.3, 0.4) is 0 Å². The molecule has 0 unspecified atom stereocenters. The van der Waals surface area contributed by atoms with Crippen LogP contribution in [0.15, 0.2) is 224 Å². The van der Waals surface area contributed by atoms with E-state index >= 15 is 0 Å². The lowest BCUT2D eigenvalue weighted by atomic mass is 9.80. The summed E-state index contributed by atoms with van der Waals surface area (Å²) in [5.41, 5.74) is 16.7. The molecule has 0 aliphatic carbocycles. The van der Waals surface area contributed by atoms with Gasteiger partial charge in [0.2, 0.25) is 0 Å². The Bertz CT molecular complexity index is 3280. The number of benzene rings is 9. The molecule has 0 aliphatic rings. The smallest absolute Gasteiger partial charge is 0.160 e. The average molecular weight is 752 g/mol. The quantitative estimate of drug-likeness (QED) is 0.162. The first-order chi connectivity index (χ1) is 29.3. The van der Waals surface area contributed by atoms with Crippen molar-refractivity contribution in [2.24, 2.45) is 0 Å². The zero-order chi connectivity index (χ0) is 39.1. The summed E-state index contributed by atoms with van der Waals surface area (Å²) in [6.45, 7) is 0. The molecule has 0 atom stereocenters. The minimum Gasteiger partial charge on any atom is -0.309 e. The molecule has 11 rings (SSSR count). The van der Waals surface area contributed by atoms with Crippen molar-refractivity contribution in [3.8, 4) is 72.8 Å². The molecule has 3 heteroatoms. The zero-order valence-electron chi connectivity index (χ0n) is 32.2. The largest absolute Gasteiger partial charge is 0.309 e. The highest BCUT2D eigenvalue weighted by molar-refractivity contribution is 6.26. The molecular weight excluding hydrogens is 715 g/mol. The van der Waals surface area contributed by atoms with Crippen LogP contribution in [-0.4, -0.2) is 14.5 Å². The van der Waals surface area contributed by atoms with E-state index in [0.29, 0.717) is 5.82 Å². The van der Waals surface area contributed by atoms with Crippen molar-refractivity contribution in [2.45, 2.75) is 0 Å². The van der Waals surface area contributed by atoms with E-state index in [2.05, 4.69) is 205 Å². The van der Waals surface area contributed by atoms with Gasteiger partial charge in [0.15, 0.2) is 5.82 Å². The van der Waals surface area contributed by atoms with Crippen molar-refractivity contribution in [1.29, 1.82) is 0 Å². The monoisotopic (exact) mass is 751 g/mol. The number of nitrogens with zero attached hydrogens (tertiary/aromatic N) is 3. The van der Waals surface area contributed by atoms with Crippen LogP contribution < -0.4 is 0 Å². The lowest BCUT2D eigenvalue weighted by molar-refractivity contribution is 1.18. The Balaban J connectivity index is 1.32. The van der Waals surface area contributed by atoms with E-state index in [0.717, 1.165) is 55.6 Å². The predicted octanol–water partition coefficient (Wildman–Crippen LogP) is 14.7. The lowest BCUT2D eigenvalue weighted by Crippen LogP contribution is -2.01. The summed E-state index contributed by atoms with van der Waals surface area (Å²) in [6.07, 6.45) is 0. The molecule has 0 radical (unpaired) electrons. The number of hydrogen-bond donors (Lipinski definition) is 0. The van der Waals surface area contributed by atoms with Gasteiger partial charge in [0.05, 0.1) is 22.2 Å². The van der Waals surface area contributed by atoms with Crippen molar-refractivity contribution in [3.63, 3.8) is 0 Å². The molecule has 0 aliphatic heterocycles. The molecule has 59 heavy (non-hydrogen) atoms. The SMILES string of the molecule is c1ccc(-c2nc(-c3cccc(-n4c5ccccc5c5c(-c6ccccc6)c(-c6ccccc6)c(-c6ccccc6)c(-c6ccccc6)c54)c3)c3ccccc3n2)cc1. The van der Waals surface area contributed by atoms with Crippen molar-refractivity contribution >= 4 is 32.7 Å². The van der Waals surface area contributed by atoms with Gasteiger partial charge in [0.1, 0.15) is 0 Å². The van der Waals surface area contributed by atoms with Crippen LogP contribution in [0.4, 0.5) is 0 Å². The molecule has 11 aromatic rings. The Kier molecular flexibility index (Phi) is 8.49. The van der Waals surface area contributed by atoms with E-state index in [1.807, 2.05) is 24.3 Å². The van der Waals surface area contributed by atoms with E-state index < -0.39 is 0 Å². The summed E-state index contributed by atoms with van der Waals surface area (Å²) < 4.78 is 2.49. The van der Waals surface area contributed by atoms with Gasteiger partial charge < -0.3 is 4.57 Å². The summed E-state index contributed by atoms with van der Waals surface area (Å²) in [5, 5.41) is 3.43. The molecule has 0 fully saturated rings. The summed E-state index contributed by atoms with van der Waals surface area (Å²) in [5.74, 6) is 0.710. The van der Waals surface area contributed by atoms with E-state index in [1.54, 1.807) is 0 Å². The maximum atomic E-state index is 5.29. The molecule has 0 spiro atoms. The average Bonchev–Trinajstić information content (AvgIpc) is 3.66. The second kappa shape index (κ2) is 14.6. The number of para-hydroxylation sites is 2.